The van der Waals surface area contributed by atoms with Crippen LogP contribution in [0.4, 0.5) is 0 Å². The standard InChI is InChI=1S/C27H28O2/c1-4-22-14-16-25(17-15-22)29-19-24-9-5-6-10-26(24)27(28)11-7-8-23-13-12-20(2)21(3)18-23/h5-6,9-10,12-18H,2-4,7-8,11,19H2,1H3. The molecule has 0 bridgehead atoms. The zero-order valence-electron chi connectivity index (χ0n) is 17.1. The Morgan fingerprint density at radius 2 is 1.62 bits per heavy atom. The normalized spacial score (nSPS) is 10.7. The first-order valence-electron chi connectivity index (χ1n) is 10.2. The molecule has 0 aliphatic rings. The Hall–Kier alpha value is -3.13. The molecule has 3 aromatic carbocycles. The maximum Gasteiger partial charge on any atom is 0.163 e. The molecule has 0 saturated carbocycles. The van der Waals surface area contributed by atoms with Crippen LogP contribution in [0.1, 0.15) is 46.8 Å². The fraction of sp³-hybridized carbons (Fsp3) is 0.222. The van der Waals surface area contributed by atoms with E-state index in [1.54, 1.807) is 0 Å². The Labute approximate surface area is 173 Å². The zero-order chi connectivity index (χ0) is 20.6. The van der Waals surface area contributed by atoms with Crippen LogP contribution in [0.5, 0.6) is 5.75 Å². The van der Waals surface area contributed by atoms with Crippen molar-refractivity contribution in [1.29, 1.82) is 0 Å². The molecule has 0 radical (unpaired) electrons. The highest BCUT2D eigenvalue weighted by Gasteiger charge is 2.11. The molecule has 0 spiro atoms. The molecule has 0 heterocycles. The number of ether oxygens (including phenoxy) is 1. The van der Waals surface area contributed by atoms with E-state index in [2.05, 4.69) is 44.3 Å². The second kappa shape index (κ2) is 9.88. The van der Waals surface area contributed by atoms with Gasteiger partial charge in [0.25, 0.3) is 0 Å². The van der Waals surface area contributed by atoms with Gasteiger partial charge < -0.3 is 4.74 Å². The number of aryl methyl sites for hydroxylation is 2. The molecule has 0 saturated heterocycles. The summed E-state index contributed by atoms with van der Waals surface area (Å²) in [7, 11) is 0. The van der Waals surface area contributed by atoms with Crippen LogP contribution < -0.4 is 15.2 Å². The number of hydrogen-bond donors (Lipinski definition) is 0. The Bertz CT molecular complexity index is 1060. The van der Waals surface area contributed by atoms with Crippen molar-refractivity contribution in [2.24, 2.45) is 0 Å². The SMILES string of the molecule is C=c1ccc(CCCC(=O)c2ccccc2COc2ccc(CC)cc2)cc1=C. The third kappa shape index (κ3) is 5.68. The fourth-order valence-corrected chi connectivity index (χ4v) is 3.32. The Morgan fingerprint density at radius 3 is 2.34 bits per heavy atom. The molecule has 3 rings (SSSR count). The summed E-state index contributed by atoms with van der Waals surface area (Å²) >= 11 is 0. The van der Waals surface area contributed by atoms with Gasteiger partial charge in [-0.25, -0.2) is 0 Å². The monoisotopic (exact) mass is 384 g/mol. The van der Waals surface area contributed by atoms with Crippen molar-refractivity contribution in [3.8, 4) is 5.75 Å². The second-order valence-electron chi connectivity index (χ2n) is 7.32. The molecular weight excluding hydrogens is 356 g/mol. The number of Topliss-reactive ketones (excluding diaryl/α,β-unsaturated/α-hetero) is 1. The van der Waals surface area contributed by atoms with Crippen LogP contribution >= 0.6 is 0 Å². The molecule has 2 nitrogen and oxygen atoms in total. The van der Waals surface area contributed by atoms with Crippen LogP contribution in [0, 0.1) is 0 Å². The van der Waals surface area contributed by atoms with Gasteiger partial charge in [-0.3, -0.25) is 4.79 Å². The number of carbonyl (C=O) groups is 1. The van der Waals surface area contributed by atoms with E-state index >= 15 is 0 Å². The van der Waals surface area contributed by atoms with Crippen LogP contribution in [0.3, 0.4) is 0 Å². The van der Waals surface area contributed by atoms with E-state index in [1.807, 2.05) is 42.5 Å². The predicted octanol–water partition coefficient (Wildman–Crippen LogP) is 4.85. The highest BCUT2D eigenvalue weighted by atomic mass is 16.5. The van der Waals surface area contributed by atoms with Gasteiger partial charge in [0, 0.05) is 17.5 Å². The molecule has 0 aliphatic carbocycles. The number of carbonyl (C=O) groups excluding carboxylic acids is 1. The van der Waals surface area contributed by atoms with Gasteiger partial charge in [0.2, 0.25) is 0 Å². The maximum absolute atomic E-state index is 12.8. The van der Waals surface area contributed by atoms with Crippen molar-refractivity contribution in [3.05, 3.63) is 99.4 Å². The summed E-state index contributed by atoms with van der Waals surface area (Å²) in [4.78, 5) is 12.8. The molecule has 29 heavy (non-hydrogen) atoms. The van der Waals surface area contributed by atoms with E-state index in [9.17, 15) is 4.79 Å². The molecule has 2 heteroatoms. The van der Waals surface area contributed by atoms with Crippen molar-refractivity contribution in [2.45, 2.75) is 39.2 Å². The lowest BCUT2D eigenvalue weighted by atomic mass is 9.98. The molecule has 0 N–H and O–H groups in total. The average molecular weight is 385 g/mol. The van der Waals surface area contributed by atoms with Crippen LogP contribution in [0.2, 0.25) is 0 Å². The minimum absolute atomic E-state index is 0.161. The molecule has 3 aromatic rings. The van der Waals surface area contributed by atoms with Crippen LogP contribution in [0.15, 0.2) is 66.7 Å². The summed E-state index contributed by atoms with van der Waals surface area (Å²) < 4.78 is 5.92. The second-order valence-corrected chi connectivity index (χ2v) is 7.32. The molecule has 0 amide bonds. The number of benzene rings is 3. The molecular formula is C27H28O2. The topological polar surface area (TPSA) is 26.3 Å². The quantitative estimate of drug-likeness (QED) is 0.493. The predicted molar refractivity (Wildman–Crippen MR) is 121 cm³/mol. The van der Waals surface area contributed by atoms with Crippen LogP contribution in [-0.4, -0.2) is 5.78 Å². The molecule has 148 valence electrons. The van der Waals surface area contributed by atoms with Gasteiger partial charge in [0.1, 0.15) is 12.4 Å². The van der Waals surface area contributed by atoms with Crippen molar-refractivity contribution in [2.75, 3.05) is 0 Å². The maximum atomic E-state index is 12.8. The first-order valence-corrected chi connectivity index (χ1v) is 10.2. The minimum Gasteiger partial charge on any atom is -0.489 e. The van der Waals surface area contributed by atoms with Gasteiger partial charge >= 0.3 is 0 Å². The summed E-state index contributed by atoms with van der Waals surface area (Å²) in [5.74, 6) is 0.983. The lowest BCUT2D eigenvalue weighted by molar-refractivity contribution is 0.0977. The minimum atomic E-state index is 0.161. The summed E-state index contributed by atoms with van der Waals surface area (Å²) in [6.07, 6.45) is 3.19. The zero-order valence-corrected chi connectivity index (χ0v) is 17.1. The molecule has 0 aliphatic heterocycles. The number of rotatable bonds is 9. The highest BCUT2D eigenvalue weighted by molar-refractivity contribution is 5.97. The fourth-order valence-electron chi connectivity index (χ4n) is 3.32. The molecule has 0 fully saturated rings. The molecule has 0 atom stereocenters. The Morgan fingerprint density at radius 1 is 0.897 bits per heavy atom. The van der Waals surface area contributed by atoms with Gasteiger partial charge in [0.15, 0.2) is 5.78 Å². The summed E-state index contributed by atoms with van der Waals surface area (Å²) in [5.41, 5.74) is 4.16. The molecule has 0 aromatic heterocycles. The van der Waals surface area contributed by atoms with Gasteiger partial charge in [-0.1, -0.05) is 74.7 Å². The highest BCUT2D eigenvalue weighted by Crippen LogP contribution is 2.18. The van der Waals surface area contributed by atoms with Gasteiger partial charge in [-0.05, 0) is 53.0 Å². The number of ketones is 1. The Kier molecular flexibility index (Phi) is 7.02. The van der Waals surface area contributed by atoms with E-state index in [0.717, 1.165) is 46.6 Å². The third-order valence-electron chi connectivity index (χ3n) is 5.18. The van der Waals surface area contributed by atoms with Crippen molar-refractivity contribution in [1.82, 2.24) is 0 Å². The van der Waals surface area contributed by atoms with E-state index in [-0.39, 0.29) is 5.78 Å². The van der Waals surface area contributed by atoms with Crippen molar-refractivity contribution in [3.63, 3.8) is 0 Å². The van der Waals surface area contributed by atoms with Crippen molar-refractivity contribution < 1.29 is 9.53 Å². The van der Waals surface area contributed by atoms with E-state index in [0.29, 0.717) is 13.0 Å². The summed E-state index contributed by atoms with van der Waals surface area (Å²) in [5, 5.41) is 1.89. The van der Waals surface area contributed by atoms with Crippen LogP contribution in [-0.2, 0) is 19.4 Å². The number of hydrogen-bond acceptors (Lipinski definition) is 2. The van der Waals surface area contributed by atoms with E-state index in [4.69, 9.17) is 4.74 Å². The van der Waals surface area contributed by atoms with E-state index < -0.39 is 0 Å². The largest absolute Gasteiger partial charge is 0.489 e. The third-order valence-corrected chi connectivity index (χ3v) is 5.18. The Balaban J connectivity index is 1.59. The van der Waals surface area contributed by atoms with Crippen molar-refractivity contribution >= 4 is 18.9 Å². The van der Waals surface area contributed by atoms with Gasteiger partial charge in [0.05, 0.1) is 0 Å². The average Bonchev–Trinajstić information content (AvgIpc) is 2.75. The van der Waals surface area contributed by atoms with Gasteiger partial charge in [-0.15, -0.1) is 0 Å². The van der Waals surface area contributed by atoms with E-state index in [1.165, 1.54) is 11.1 Å². The lowest BCUT2D eigenvalue weighted by Crippen LogP contribution is -2.21. The van der Waals surface area contributed by atoms with Gasteiger partial charge in [-0.2, -0.15) is 0 Å². The lowest BCUT2D eigenvalue weighted by Gasteiger charge is -2.11. The first kappa shape index (κ1) is 20.6. The summed E-state index contributed by atoms with van der Waals surface area (Å²) in [6, 6.07) is 21.9. The van der Waals surface area contributed by atoms with Crippen LogP contribution in [0.25, 0.3) is 13.2 Å². The summed E-state index contributed by atoms with van der Waals surface area (Å²) in [6.45, 7) is 10.5. The molecule has 0 unspecified atom stereocenters. The smallest absolute Gasteiger partial charge is 0.163 e. The first-order chi connectivity index (χ1) is 14.1.